The minimum atomic E-state index is -3.27. The Hall–Kier alpha value is -2.59. The number of nitrogens with zero attached hydrogens (tertiary/aromatic N) is 5. The summed E-state index contributed by atoms with van der Waals surface area (Å²) in [6.07, 6.45) is 1.50. The SMILES string of the molecule is CCS(=O)(=O)N1CCC[C@H](c2nc3c(nnn3Cc3ccc(C)cc3)c(=O)[nH]2)C1. The maximum atomic E-state index is 12.5. The average molecular weight is 417 g/mol. The summed E-state index contributed by atoms with van der Waals surface area (Å²) >= 11 is 0. The Bertz CT molecular complexity index is 1180. The summed E-state index contributed by atoms with van der Waals surface area (Å²) in [4.78, 5) is 20.0. The predicted molar refractivity (Wildman–Crippen MR) is 109 cm³/mol. The first-order valence-electron chi connectivity index (χ1n) is 9.74. The molecule has 0 aliphatic carbocycles. The number of aromatic amines is 1. The molecular weight excluding hydrogens is 392 g/mol. The molecule has 0 radical (unpaired) electrons. The molecule has 0 spiro atoms. The van der Waals surface area contributed by atoms with Crippen LogP contribution in [0.4, 0.5) is 0 Å². The van der Waals surface area contributed by atoms with E-state index < -0.39 is 10.0 Å². The third kappa shape index (κ3) is 3.95. The number of piperidine rings is 1. The highest BCUT2D eigenvalue weighted by Gasteiger charge is 2.30. The molecule has 1 fully saturated rings. The third-order valence-corrected chi connectivity index (χ3v) is 7.22. The molecule has 10 heteroatoms. The molecule has 9 nitrogen and oxygen atoms in total. The standard InChI is InChI=1S/C19H24N6O3S/c1-3-29(27,28)24-10-4-5-15(12-24)17-20-18-16(19(26)21-17)22-23-25(18)11-14-8-6-13(2)7-9-14/h6-9,15H,3-5,10-12H2,1-2H3,(H,20,21,26)/t15-/m0/s1. The van der Waals surface area contributed by atoms with Crippen molar-refractivity contribution in [2.45, 2.75) is 39.2 Å². The van der Waals surface area contributed by atoms with Crippen molar-refractivity contribution in [3.8, 4) is 0 Å². The lowest BCUT2D eigenvalue weighted by molar-refractivity contribution is 0.309. The zero-order chi connectivity index (χ0) is 20.6. The van der Waals surface area contributed by atoms with Crippen LogP contribution < -0.4 is 5.56 Å². The summed E-state index contributed by atoms with van der Waals surface area (Å²) in [6.45, 7) is 4.94. The van der Waals surface area contributed by atoms with Crippen molar-refractivity contribution in [2.24, 2.45) is 0 Å². The average Bonchev–Trinajstić information content (AvgIpc) is 3.13. The maximum Gasteiger partial charge on any atom is 0.281 e. The number of aromatic nitrogens is 5. The van der Waals surface area contributed by atoms with Gasteiger partial charge in [0.1, 0.15) is 5.82 Å². The molecule has 29 heavy (non-hydrogen) atoms. The van der Waals surface area contributed by atoms with Gasteiger partial charge in [-0.2, -0.15) is 0 Å². The Morgan fingerprint density at radius 1 is 1.24 bits per heavy atom. The van der Waals surface area contributed by atoms with Gasteiger partial charge in [-0.25, -0.2) is 22.4 Å². The summed E-state index contributed by atoms with van der Waals surface area (Å²) in [7, 11) is -3.27. The van der Waals surface area contributed by atoms with Gasteiger partial charge < -0.3 is 4.98 Å². The summed E-state index contributed by atoms with van der Waals surface area (Å²) in [5.41, 5.74) is 2.45. The number of aryl methyl sites for hydroxylation is 1. The van der Waals surface area contributed by atoms with Crippen LogP contribution in [0.3, 0.4) is 0 Å². The van der Waals surface area contributed by atoms with Crippen LogP contribution in [0.15, 0.2) is 29.1 Å². The molecular formula is C19H24N6O3S. The fraction of sp³-hybridized carbons (Fsp3) is 0.474. The second-order valence-corrected chi connectivity index (χ2v) is 9.71. The smallest absolute Gasteiger partial charge is 0.281 e. The van der Waals surface area contributed by atoms with Crippen LogP contribution in [-0.2, 0) is 16.6 Å². The Labute approximate surface area is 168 Å². The van der Waals surface area contributed by atoms with Crippen molar-refractivity contribution >= 4 is 21.2 Å². The number of H-pyrrole nitrogens is 1. The fourth-order valence-corrected chi connectivity index (χ4v) is 4.83. The summed E-state index contributed by atoms with van der Waals surface area (Å²) in [5, 5.41) is 8.09. The van der Waals surface area contributed by atoms with E-state index in [9.17, 15) is 13.2 Å². The molecule has 4 rings (SSSR count). The molecule has 3 aromatic rings. The van der Waals surface area contributed by atoms with E-state index in [-0.39, 0.29) is 22.7 Å². The van der Waals surface area contributed by atoms with Gasteiger partial charge >= 0.3 is 0 Å². The van der Waals surface area contributed by atoms with Crippen molar-refractivity contribution in [1.82, 2.24) is 29.3 Å². The quantitative estimate of drug-likeness (QED) is 0.672. The molecule has 1 N–H and O–H groups in total. The Kier molecular flexibility index (Phi) is 5.22. The summed E-state index contributed by atoms with van der Waals surface area (Å²) < 4.78 is 27.6. The first-order chi connectivity index (χ1) is 13.9. The number of nitrogens with one attached hydrogen (secondary N) is 1. The minimum absolute atomic E-state index is 0.0654. The number of hydrogen-bond acceptors (Lipinski definition) is 6. The van der Waals surface area contributed by atoms with E-state index in [0.717, 1.165) is 24.0 Å². The Morgan fingerprint density at radius 2 is 2.00 bits per heavy atom. The van der Waals surface area contributed by atoms with Crippen LogP contribution in [0.5, 0.6) is 0 Å². The third-order valence-electron chi connectivity index (χ3n) is 5.37. The monoisotopic (exact) mass is 416 g/mol. The number of hydrogen-bond donors (Lipinski definition) is 1. The first-order valence-corrected chi connectivity index (χ1v) is 11.3. The number of benzene rings is 1. The summed E-state index contributed by atoms with van der Waals surface area (Å²) in [5.74, 6) is 0.395. The highest BCUT2D eigenvalue weighted by Crippen LogP contribution is 2.26. The van der Waals surface area contributed by atoms with Crippen molar-refractivity contribution in [2.75, 3.05) is 18.8 Å². The van der Waals surface area contributed by atoms with Crippen molar-refractivity contribution in [3.63, 3.8) is 0 Å². The van der Waals surface area contributed by atoms with Gasteiger partial charge in [0.05, 0.1) is 12.3 Å². The number of rotatable bonds is 5. The van der Waals surface area contributed by atoms with E-state index in [0.29, 0.717) is 31.1 Å². The molecule has 1 saturated heterocycles. The zero-order valence-electron chi connectivity index (χ0n) is 16.5. The van der Waals surface area contributed by atoms with Crippen molar-refractivity contribution in [1.29, 1.82) is 0 Å². The second-order valence-electron chi connectivity index (χ2n) is 7.45. The van der Waals surface area contributed by atoms with E-state index in [2.05, 4.69) is 20.3 Å². The first kappa shape index (κ1) is 19.7. The molecule has 0 unspecified atom stereocenters. The molecule has 0 bridgehead atoms. The molecule has 1 aromatic carbocycles. The molecule has 1 atom stereocenters. The van der Waals surface area contributed by atoms with Gasteiger partial charge in [0, 0.05) is 19.0 Å². The Balaban J connectivity index is 1.67. The number of sulfonamides is 1. The predicted octanol–water partition coefficient (Wildman–Crippen LogP) is 1.40. The van der Waals surface area contributed by atoms with Crippen LogP contribution in [0.2, 0.25) is 0 Å². The van der Waals surface area contributed by atoms with E-state index in [4.69, 9.17) is 0 Å². The Morgan fingerprint density at radius 3 is 2.72 bits per heavy atom. The molecule has 2 aromatic heterocycles. The molecule has 3 heterocycles. The molecule has 154 valence electrons. The fourth-order valence-electron chi connectivity index (χ4n) is 3.65. The van der Waals surface area contributed by atoms with Gasteiger partial charge in [-0.05, 0) is 32.3 Å². The normalized spacial score (nSPS) is 18.3. The van der Waals surface area contributed by atoms with Crippen molar-refractivity contribution < 1.29 is 8.42 Å². The van der Waals surface area contributed by atoms with E-state index in [1.54, 1.807) is 11.6 Å². The van der Waals surface area contributed by atoms with Gasteiger partial charge in [0.15, 0.2) is 11.2 Å². The van der Waals surface area contributed by atoms with E-state index in [1.807, 2.05) is 31.2 Å². The van der Waals surface area contributed by atoms with E-state index >= 15 is 0 Å². The van der Waals surface area contributed by atoms with Gasteiger partial charge in [0.25, 0.3) is 5.56 Å². The maximum absolute atomic E-state index is 12.5. The minimum Gasteiger partial charge on any atom is -0.308 e. The van der Waals surface area contributed by atoms with Gasteiger partial charge in [0.2, 0.25) is 10.0 Å². The lowest BCUT2D eigenvalue weighted by Gasteiger charge is -2.31. The van der Waals surface area contributed by atoms with Gasteiger partial charge in [-0.15, -0.1) is 5.10 Å². The van der Waals surface area contributed by atoms with Crippen LogP contribution in [0, 0.1) is 6.92 Å². The van der Waals surface area contributed by atoms with Crippen LogP contribution >= 0.6 is 0 Å². The summed E-state index contributed by atoms with van der Waals surface area (Å²) in [6, 6.07) is 8.05. The zero-order valence-corrected chi connectivity index (χ0v) is 17.3. The largest absolute Gasteiger partial charge is 0.308 e. The molecule has 1 aliphatic rings. The molecule has 0 saturated carbocycles. The highest BCUT2D eigenvalue weighted by atomic mass is 32.2. The number of fused-ring (bicyclic) bond motifs is 1. The highest BCUT2D eigenvalue weighted by molar-refractivity contribution is 7.89. The van der Waals surface area contributed by atoms with E-state index in [1.165, 1.54) is 4.31 Å². The van der Waals surface area contributed by atoms with Crippen LogP contribution in [0.1, 0.15) is 42.6 Å². The van der Waals surface area contributed by atoms with Crippen LogP contribution in [-0.4, -0.2) is 56.5 Å². The van der Waals surface area contributed by atoms with Gasteiger partial charge in [-0.1, -0.05) is 35.0 Å². The van der Waals surface area contributed by atoms with Gasteiger partial charge in [-0.3, -0.25) is 4.79 Å². The van der Waals surface area contributed by atoms with Crippen molar-refractivity contribution in [3.05, 3.63) is 51.6 Å². The lowest BCUT2D eigenvalue weighted by atomic mass is 9.99. The topological polar surface area (TPSA) is 114 Å². The second kappa shape index (κ2) is 7.68. The molecule has 0 amide bonds. The molecule has 1 aliphatic heterocycles. The van der Waals surface area contributed by atoms with Crippen LogP contribution in [0.25, 0.3) is 11.2 Å². The lowest BCUT2D eigenvalue weighted by Crippen LogP contribution is -2.40.